The fourth-order valence-electron chi connectivity index (χ4n) is 2.49. The number of benzene rings is 1. The van der Waals surface area contributed by atoms with E-state index in [-0.39, 0.29) is 12.1 Å². The molecule has 2 N–H and O–H groups in total. The lowest BCUT2D eigenvalue weighted by Gasteiger charge is -2.24. The molecular weight excluding hydrogens is 352 g/mol. The summed E-state index contributed by atoms with van der Waals surface area (Å²) < 4.78 is 0. The first-order valence-electron chi connectivity index (χ1n) is 7.87. The zero-order valence-corrected chi connectivity index (χ0v) is 15.7. The molecule has 2 heterocycles. The van der Waals surface area contributed by atoms with Crippen LogP contribution < -0.4 is 10.6 Å². The molecule has 25 heavy (non-hydrogen) atoms. The fraction of sp³-hybridized carbons (Fsp3) is 0.222. The summed E-state index contributed by atoms with van der Waals surface area (Å²) in [4.78, 5) is 18.6. The molecule has 3 rings (SSSR count). The molecule has 0 saturated heterocycles. The van der Waals surface area contributed by atoms with Crippen LogP contribution in [0.4, 0.5) is 10.5 Å². The van der Waals surface area contributed by atoms with Gasteiger partial charge in [-0.2, -0.15) is 11.3 Å². The minimum Gasteiger partial charge on any atom is -0.336 e. The van der Waals surface area contributed by atoms with E-state index in [4.69, 9.17) is 0 Å². The zero-order chi connectivity index (χ0) is 17.6. The number of carbonyl (C=O) groups excluding carboxylic acids is 1. The van der Waals surface area contributed by atoms with Crippen molar-refractivity contribution in [1.82, 2.24) is 15.2 Å². The van der Waals surface area contributed by atoms with Gasteiger partial charge in [0.2, 0.25) is 0 Å². The molecule has 0 saturated carbocycles. The van der Waals surface area contributed by atoms with Crippen molar-refractivity contribution in [2.75, 3.05) is 26.0 Å². The topological polar surface area (TPSA) is 57.3 Å². The molecule has 1 aromatic carbocycles. The molecule has 2 amide bonds. The van der Waals surface area contributed by atoms with Gasteiger partial charge in [0.25, 0.3) is 0 Å². The second-order valence-electron chi connectivity index (χ2n) is 5.79. The maximum absolute atomic E-state index is 12.2. The van der Waals surface area contributed by atoms with Crippen molar-refractivity contribution in [2.24, 2.45) is 0 Å². The summed E-state index contributed by atoms with van der Waals surface area (Å²) in [6.45, 7) is 0.548. The lowest BCUT2D eigenvalue weighted by molar-refractivity contribution is 0.243. The average Bonchev–Trinajstić information content (AvgIpc) is 3.29. The number of rotatable bonds is 6. The second kappa shape index (κ2) is 8.24. The third-order valence-electron chi connectivity index (χ3n) is 3.83. The third kappa shape index (κ3) is 4.66. The van der Waals surface area contributed by atoms with E-state index in [0.29, 0.717) is 6.54 Å². The van der Waals surface area contributed by atoms with E-state index in [9.17, 15) is 4.79 Å². The van der Waals surface area contributed by atoms with E-state index in [2.05, 4.69) is 37.3 Å². The minimum absolute atomic E-state index is 0.157. The highest BCUT2D eigenvalue weighted by molar-refractivity contribution is 7.13. The summed E-state index contributed by atoms with van der Waals surface area (Å²) in [5, 5.41) is 12.9. The Kier molecular flexibility index (Phi) is 5.80. The summed E-state index contributed by atoms with van der Waals surface area (Å²) in [7, 11) is 4.03. The number of hydrogen-bond donors (Lipinski definition) is 2. The van der Waals surface area contributed by atoms with Gasteiger partial charge < -0.3 is 15.5 Å². The van der Waals surface area contributed by atoms with Gasteiger partial charge in [-0.3, -0.25) is 0 Å². The van der Waals surface area contributed by atoms with Gasteiger partial charge in [0, 0.05) is 29.4 Å². The zero-order valence-electron chi connectivity index (χ0n) is 14.1. The molecule has 7 heteroatoms. The molecule has 0 fully saturated rings. The molecule has 2 aromatic heterocycles. The van der Waals surface area contributed by atoms with Gasteiger partial charge in [0.15, 0.2) is 0 Å². The van der Waals surface area contributed by atoms with E-state index in [1.54, 1.807) is 28.9 Å². The van der Waals surface area contributed by atoms with Crippen LogP contribution in [0, 0.1) is 0 Å². The molecule has 1 atom stereocenters. The number of urea groups is 1. The molecular formula is C18H20N4OS2. The number of aromatic nitrogens is 1. The van der Waals surface area contributed by atoms with Gasteiger partial charge in [-0.1, -0.05) is 0 Å². The summed E-state index contributed by atoms with van der Waals surface area (Å²) in [5.74, 6) is 0. The molecule has 5 nitrogen and oxygen atoms in total. The first-order chi connectivity index (χ1) is 12.1. The Balaban J connectivity index is 1.55. The molecule has 0 aliphatic rings. The standard InChI is InChI=1S/C18H20N4OS2/c1-22(2)16(14-7-9-24-12-14)11-20-18(23)21-15-5-3-13(4-6-15)17-19-8-10-25-17/h3-10,12,16H,11H2,1-2H3,(H2,20,21,23). The SMILES string of the molecule is CN(C)C(CNC(=O)Nc1ccc(-c2nccs2)cc1)c1ccsc1. The third-order valence-corrected chi connectivity index (χ3v) is 5.35. The Morgan fingerprint density at radius 3 is 2.60 bits per heavy atom. The number of carbonyl (C=O) groups is 1. The molecule has 0 spiro atoms. The predicted octanol–water partition coefficient (Wildman–Crippen LogP) is 4.30. The largest absolute Gasteiger partial charge is 0.336 e. The lowest BCUT2D eigenvalue weighted by atomic mass is 10.1. The number of thiazole rings is 1. The number of anilines is 1. The fourth-order valence-corrected chi connectivity index (χ4v) is 3.84. The summed E-state index contributed by atoms with van der Waals surface area (Å²) >= 11 is 3.26. The second-order valence-corrected chi connectivity index (χ2v) is 7.46. The highest BCUT2D eigenvalue weighted by atomic mass is 32.1. The van der Waals surface area contributed by atoms with Gasteiger partial charge in [-0.15, -0.1) is 11.3 Å². The van der Waals surface area contributed by atoms with Gasteiger partial charge in [0.1, 0.15) is 5.01 Å². The van der Waals surface area contributed by atoms with E-state index in [1.165, 1.54) is 5.56 Å². The number of amides is 2. The molecule has 0 radical (unpaired) electrons. The average molecular weight is 373 g/mol. The Bertz CT molecular complexity index is 783. The molecule has 0 aliphatic carbocycles. The first-order valence-corrected chi connectivity index (χ1v) is 9.69. The van der Waals surface area contributed by atoms with Crippen LogP contribution in [0.1, 0.15) is 11.6 Å². The Morgan fingerprint density at radius 2 is 2.00 bits per heavy atom. The molecule has 3 aromatic rings. The quantitative estimate of drug-likeness (QED) is 0.678. The van der Waals surface area contributed by atoms with Crippen molar-refractivity contribution in [3.05, 3.63) is 58.2 Å². The minimum atomic E-state index is -0.205. The lowest BCUT2D eigenvalue weighted by Crippen LogP contribution is -2.36. The Labute approximate surface area is 155 Å². The van der Waals surface area contributed by atoms with E-state index in [1.807, 2.05) is 43.7 Å². The number of hydrogen-bond acceptors (Lipinski definition) is 5. The Morgan fingerprint density at radius 1 is 1.20 bits per heavy atom. The monoisotopic (exact) mass is 372 g/mol. The number of thiophene rings is 1. The summed E-state index contributed by atoms with van der Waals surface area (Å²) in [6.07, 6.45) is 1.79. The van der Waals surface area contributed by atoms with E-state index < -0.39 is 0 Å². The van der Waals surface area contributed by atoms with Crippen LogP contribution in [-0.4, -0.2) is 36.6 Å². The van der Waals surface area contributed by atoms with Crippen molar-refractivity contribution in [3.63, 3.8) is 0 Å². The van der Waals surface area contributed by atoms with Gasteiger partial charge in [-0.25, -0.2) is 9.78 Å². The van der Waals surface area contributed by atoms with Crippen LogP contribution in [0.2, 0.25) is 0 Å². The van der Waals surface area contributed by atoms with Crippen LogP contribution in [0.25, 0.3) is 10.6 Å². The highest BCUT2D eigenvalue weighted by Gasteiger charge is 2.15. The summed E-state index contributed by atoms with van der Waals surface area (Å²) in [6, 6.07) is 9.74. The van der Waals surface area contributed by atoms with Gasteiger partial charge >= 0.3 is 6.03 Å². The number of likely N-dealkylation sites (N-methyl/N-ethyl adjacent to an activating group) is 1. The summed E-state index contributed by atoms with van der Waals surface area (Å²) in [5.41, 5.74) is 3.02. The van der Waals surface area contributed by atoms with E-state index >= 15 is 0 Å². The van der Waals surface area contributed by atoms with Crippen LogP contribution in [-0.2, 0) is 0 Å². The van der Waals surface area contributed by atoms with Gasteiger partial charge in [0.05, 0.1) is 6.04 Å². The highest BCUT2D eigenvalue weighted by Crippen LogP contribution is 2.23. The molecule has 130 valence electrons. The van der Waals surface area contributed by atoms with Crippen LogP contribution in [0.5, 0.6) is 0 Å². The van der Waals surface area contributed by atoms with E-state index in [0.717, 1.165) is 16.3 Å². The number of nitrogens with one attached hydrogen (secondary N) is 2. The van der Waals surface area contributed by atoms with Gasteiger partial charge in [-0.05, 0) is 60.8 Å². The molecule has 0 bridgehead atoms. The number of nitrogens with zero attached hydrogens (tertiary/aromatic N) is 2. The van der Waals surface area contributed by atoms with Crippen molar-refractivity contribution in [2.45, 2.75) is 6.04 Å². The first kappa shape index (κ1) is 17.6. The van der Waals surface area contributed by atoms with Crippen LogP contribution in [0.3, 0.4) is 0 Å². The van der Waals surface area contributed by atoms with Crippen LogP contribution in [0.15, 0.2) is 52.7 Å². The maximum Gasteiger partial charge on any atom is 0.319 e. The smallest absolute Gasteiger partial charge is 0.319 e. The normalized spacial score (nSPS) is 12.1. The van der Waals surface area contributed by atoms with Crippen molar-refractivity contribution in [3.8, 4) is 10.6 Å². The van der Waals surface area contributed by atoms with Crippen molar-refractivity contribution in [1.29, 1.82) is 0 Å². The maximum atomic E-state index is 12.2. The van der Waals surface area contributed by atoms with Crippen molar-refractivity contribution >= 4 is 34.4 Å². The Hall–Kier alpha value is -2.22. The molecule has 1 unspecified atom stereocenters. The van der Waals surface area contributed by atoms with Crippen molar-refractivity contribution < 1.29 is 4.79 Å². The van der Waals surface area contributed by atoms with Crippen LogP contribution >= 0.6 is 22.7 Å². The molecule has 0 aliphatic heterocycles. The predicted molar refractivity (Wildman–Crippen MR) is 105 cm³/mol.